The first-order valence-corrected chi connectivity index (χ1v) is 13.9. The molecule has 2 aliphatic heterocycles. The molecule has 2 aromatic heterocycles. The van der Waals surface area contributed by atoms with E-state index in [4.69, 9.17) is 9.97 Å². The third-order valence-corrected chi connectivity index (χ3v) is 8.71. The van der Waals surface area contributed by atoms with E-state index in [1.54, 1.807) is 0 Å². The fourth-order valence-electron chi connectivity index (χ4n) is 5.57. The Morgan fingerprint density at radius 2 is 1.66 bits per heavy atom. The predicted octanol–water partition coefficient (Wildman–Crippen LogP) is 4.48. The Balaban J connectivity index is 1.26. The molecule has 0 bridgehead atoms. The lowest BCUT2D eigenvalue weighted by Crippen LogP contribution is -2.50. The standard InChI is InChI=1S/C28H33N5OS/c34-25(32-14-6-7-15-32)20-31-16-18-33(19-17-31)27-26-22-10-4-5-11-23(22)35-28(26)30-24(29-27)13-12-21-8-2-1-3-9-21/h1-3,8-9,12-13H,4-7,10-11,14-20H2. The summed E-state index contributed by atoms with van der Waals surface area (Å²) in [7, 11) is 0. The number of piperazine rings is 1. The maximum atomic E-state index is 12.6. The first kappa shape index (κ1) is 22.7. The number of thiophene rings is 1. The number of aromatic nitrogens is 2. The van der Waals surface area contributed by atoms with Crippen LogP contribution in [0, 0.1) is 0 Å². The average Bonchev–Trinajstić information content (AvgIpc) is 3.56. The monoisotopic (exact) mass is 487 g/mol. The van der Waals surface area contributed by atoms with Crippen molar-refractivity contribution in [2.45, 2.75) is 38.5 Å². The normalized spacial score (nSPS) is 19.1. The second-order valence-electron chi connectivity index (χ2n) is 9.89. The number of carbonyl (C=O) groups is 1. The van der Waals surface area contributed by atoms with Gasteiger partial charge in [0.1, 0.15) is 10.6 Å². The highest BCUT2D eigenvalue weighted by molar-refractivity contribution is 7.19. The highest BCUT2D eigenvalue weighted by atomic mass is 32.1. The summed E-state index contributed by atoms with van der Waals surface area (Å²) >= 11 is 1.86. The van der Waals surface area contributed by atoms with E-state index in [1.165, 1.54) is 28.7 Å². The number of carbonyl (C=O) groups excluding carboxylic acids is 1. The zero-order chi connectivity index (χ0) is 23.6. The Kier molecular flexibility index (Phi) is 6.53. The summed E-state index contributed by atoms with van der Waals surface area (Å²) in [6.45, 7) is 5.99. The molecule has 7 heteroatoms. The first-order chi connectivity index (χ1) is 17.2. The van der Waals surface area contributed by atoms with Crippen LogP contribution in [0.1, 0.15) is 47.5 Å². The lowest BCUT2D eigenvalue weighted by atomic mass is 9.97. The van der Waals surface area contributed by atoms with Crippen LogP contribution in [-0.2, 0) is 17.6 Å². The highest BCUT2D eigenvalue weighted by Crippen LogP contribution is 2.40. The van der Waals surface area contributed by atoms with Gasteiger partial charge in [-0.2, -0.15) is 0 Å². The number of rotatable bonds is 5. The van der Waals surface area contributed by atoms with E-state index in [0.717, 1.165) is 87.0 Å². The quantitative estimate of drug-likeness (QED) is 0.531. The number of fused-ring (bicyclic) bond motifs is 3. The van der Waals surface area contributed by atoms with Gasteiger partial charge in [0, 0.05) is 44.1 Å². The Morgan fingerprint density at radius 3 is 2.46 bits per heavy atom. The maximum Gasteiger partial charge on any atom is 0.236 e. The van der Waals surface area contributed by atoms with Crippen molar-refractivity contribution in [3.8, 4) is 0 Å². The minimum atomic E-state index is 0.292. The fraction of sp³-hybridized carbons (Fsp3) is 0.464. The van der Waals surface area contributed by atoms with Crippen LogP contribution in [0.3, 0.4) is 0 Å². The van der Waals surface area contributed by atoms with Crippen LogP contribution in [0.2, 0.25) is 0 Å². The van der Waals surface area contributed by atoms with Crippen molar-refractivity contribution < 1.29 is 4.79 Å². The van der Waals surface area contributed by atoms with Crippen LogP contribution in [0.5, 0.6) is 0 Å². The number of nitrogens with zero attached hydrogens (tertiary/aromatic N) is 5. The van der Waals surface area contributed by atoms with E-state index in [1.807, 2.05) is 28.4 Å². The zero-order valence-electron chi connectivity index (χ0n) is 20.3. The molecule has 0 radical (unpaired) electrons. The van der Waals surface area contributed by atoms with Crippen LogP contribution in [-0.4, -0.2) is 71.5 Å². The molecule has 6 nitrogen and oxygen atoms in total. The van der Waals surface area contributed by atoms with Gasteiger partial charge < -0.3 is 9.80 Å². The molecule has 0 saturated carbocycles. The summed E-state index contributed by atoms with van der Waals surface area (Å²) in [4.78, 5) is 32.1. The summed E-state index contributed by atoms with van der Waals surface area (Å²) in [5.41, 5.74) is 2.64. The Morgan fingerprint density at radius 1 is 0.886 bits per heavy atom. The molecule has 1 aliphatic carbocycles. The molecule has 3 aliphatic rings. The molecule has 0 spiro atoms. The second kappa shape index (κ2) is 10.1. The molecule has 35 heavy (non-hydrogen) atoms. The Labute approximate surface area is 211 Å². The van der Waals surface area contributed by atoms with E-state index in [2.05, 4.69) is 40.1 Å². The van der Waals surface area contributed by atoms with Gasteiger partial charge in [0.15, 0.2) is 5.82 Å². The van der Waals surface area contributed by atoms with Crippen LogP contribution in [0.15, 0.2) is 30.3 Å². The number of hydrogen-bond acceptors (Lipinski definition) is 6. The van der Waals surface area contributed by atoms with Crippen molar-refractivity contribution in [1.29, 1.82) is 0 Å². The molecule has 182 valence electrons. The van der Waals surface area contributed by atoms with Gasteiger partial charge in [-0.1, -0.05) is 36.4 Å². The topological polar surface area (TPSA) is 52.6 Å². The summed E-state index contributed by atoms with van der Waals surface area (Å²) in [5.74, 6) is 2.16. The Bertz CT molecular complexity index is 1220. The lowest BCUT2D eigenvalue weighted by Gasteiger charge is -2.36. The van der Waals surface area contributed by atoms with Crippen molar-refractivity contribution >= 4 is 45.4 Å². The van der Waals surface area contributed by atoms with Gasteiger partial charge in [-0.05, 0) is 55.7 Å². The maximum absolute atomic E-state index is 12.6. The largest absolute Gasteiger partial charge is 0.353 e. The van der Waals surface area contributed by atoms with Gasteiger partial charge in [0.25, 0.3) is 0 Å². The molecule has 0 N–H and O–H groups in total. The van der Waals surface area contributed by atoms with Crippen LogP contribution in [0.25, 0.3) is 22.4 Å². The predicted molar refractivity (Wildman–Crippen MR) is 144 cm³/mol. The summed E-state index contributed by atoms with van der Waals surface area (Å²) in [5, 5.41) is 1.28. The van der Waals surface area contributed by atoms with Gasteiger partial charge in [0.05, 0.1) is 11.9 Å². The van der Waals surface area contributed by atoms with Crippen LogP contribution < -0.4 is 4.90 Å². The molecular formula is C28H33N5OS. The molecule has 0 atom stereocenters. The van der Waals surface area contributed by atoms with Crippen LogP contribution >= 0.6 is 11.3 Å². The van der Waals surface area contributed by atoms with Crippen molar-refractivity contribution in [2.24, 2.45) is 0 Å². The average molecular weight is 488 g/mol. The molecule has 3 aromatic rings. The third-order valence-electron chi connectivity index (χ3n) is 7.53. The van der Waals surface area contributed by atoms with Crippen molar-refractivity contribution in [2.75, 3.05) is 50.7 Å². The van der Waals surface area contributed by atoms with Crippen molar-refractivity contribution in [3.63, 3.8) is 0 Å². The molecule has 2 fully saturated rings. The summed E-state index contributed by atoms with van der Waals surface area (Å²) in [6, 6.07) is 10.3. The highest BCUT2D eigenvalue weighted by Gasteiger charge is 2.27. The molecule has 0 unspecified atom stereocenters. The molecule has 1 amide bonds. The SMILES string of the molecule is O=C(CN1CCN(c2nc(C=Cc3ccccc3)nc3sc4c(c23)CCCC4)CC1)N1CCCC1. The number of likely N-dealkylation sites (tertiary alicyclic amines) is 1. The van der Waals surface area contributed by atoms with E-state index in [9.17, 15) is 4.79 Å². The van der Waals surface area contributed by atoms with E-state index < -0.39 is 0 Å². The first-order valence-electron chi connectivity index (χ1n) is 13.0. The van der Waals surface area contributed by atoms with Gasteiger partial charge >= 0.3 is 0 Å². The molecule has 6 rings (SSSR count). The molecule has 1 aromatic carbocycles. The van der Waals surface area contributed by atoms with E-state index in [-0.39, 0.29) is 0 Å². The lowest BCUT2D eigenvalue weighted by molar-refractivity contribution is -0.131. The zero-order valence-corrected chi connectivity index (χ0v) is 21.1. The molecule has 2 saturated heterocycles. The third kappa shape index (κ3) is 4.84. The van der Waals surface area contributed by atoms with Crippen LogP contribution in [0.4, 0.5) is 5.82 Å². The summed E-state index contributed by atoms with van der Waals surface area (Å²) in [6.07, 6.45) is 11.3. The van der Waals surface area contributed by atoms with E-state index >= 15 is 0 Å². The smallest absolute Gasteiger partial charge is 0.236 e. The van der Waals surface area contributed by atoms with Crippen molar-refractivity contribution in [1.82, 2.24) is 19.8 Å². The number of hydrogen-bond donors (Lipinski definition) is 0. The van der Waals surface area contributed by atoms with Crippen molar-refractivity contribution in [3.05, 3.63) is 52.2 Å². The molecule has 4 heterocycles. The number of aryl methyl sites for hydroxylation is 2. The fourth-order valence-corrected chi connectivity index (χ4v) is 6.83. The van der Waals surface area contributed by atoms with Gasteiger partial charge in [0.2, 0.25) is 5.91 Å². The minimum absolute atomic E-state index is 0.292. The Hall–Kier alpha value is -2.77. The number of amides is 1. The number of anilines is 1. The molecular weight excluding hydrogens is 454 g/mol. The van der Waals surface area contributed by atoms with Gasteiger partial charge in [-0.25, -0.2) is 9.97 Å². The minimum Gasteiger partial charge on any atom is -0.353 e. The second-order valence-corrected chi connectivity index (χ2v) is 11.0. The van der Waals surface area contributed by atoms with Gasteiger partial charge in [-0.15, -0.1) is 11.3 Å². The van der Waals surface area contributed by atoms with Gasteiger partial charge in [-0.3, -0.25) is 9.69 Å². The van der Waals surface area contributed by atoms with E-state index in [0.29, 0.717) is 12.5 Å². The number of benzene rings is 1. The summed E-state index contributed by atoms with van der Waals surface area (Å²) < 4.78 is 0.